The quantitative estimate of drug-likeness (QED) is 0.161. The molecule has 0 saturated heterocycles. The van der Waals surface area contributed by atoms with Gasteiger partial charge in [0.2, 0.25) is 0 Å². The highest BCUT2D eigenvalue weighted by atomic mass is 32.1. The van der Waals surface area contributed by atoms with Gasteiger partial charge in [0.25, 0.3) is 0 Å². The molecule has 0 amide bonds. The summed E-state index contributed by atoms with van der Waals surface area (Å²) in [5.41, 5.74) is 1.24. The third-order valence-corrected chi connectivity index (χ3v) is 7.01. The molecule has 0 aromatic heterocycles. The summed E-state index contributed by atoms with van der Waals surface area (Å²) in [5, 5.41) is 47.6. The molecule has 1 fully saturated rings. The lowest BCUT2D eigenvalue weighted by Crippen LogP contribution is -2.59. The molecule has 0 radical (unpaired) electrons. The zero-order chi connectivity index (χ0) is 29.8. The van der Waals surface area contributed by atoms with E-state index in [1.165, 1.54) is 9.80 Å². The lowest BCUT2D eigenvalue weighted by Gasteiger charge is -2.45. The van der Waals surface area contributed by atoms with Crippen LogP contribution in [0.4, 0.5) is 5.69 Å². The molecule has 1 aromatic carbocycles. The predicted molar refractivity (Wildman–Crippen MR) is 142 cm³/mol. The topological polar surface area (TPSA) is 209 Å². The second kappa shape index (κ2) is 15.9. The van der Waals surface area contributed by atoms with Crippen LogP contribution in [0.2, 0.25) is 0 Å². The number of benzene rings is 1. The van der Waals surface area contributed by atoms with Crippen LogP contribution >= 0.6 is 0 Å². The molecule has 0 spiro atoms. The highest BCUT2D eigenvalue weighted by Crippen LogP contribution is 2.28. The molecule has 1 aliphatic carbocycles. The number of carboxylic acids is 5. The second-order valence-electron chi connectivity index (χ2n) is 9.74. The average molecular weight is 583 g/mol. The maximum atomic E-state index is 12.0. The average Bonchev–Trinajstić information content (AvgIpc) is 2.86. The lowest BCUT2D eigenvalue weighted by atomic mass is 9.87. The van der Waals surface area contributed by atoms with Crippen molar-refractivity contribution in [3.63, 3.8) is 0 Å². The standard InChI is InChI=1S/C25H34N4O10S/c30-21(31)11-27(12-22(32)33)18(9-16-5-7-17(26-40)8-6-16)10-28(13-23(34)35)19-3-1-2-4-20(19)29(14-24(36)37)15-25(38)39/h5-8,18-20H,1-4,9-15H2,(H,30,31)(H,32,33)(H,34,35)(H,36,37)(H,38,39). The lowest BCUT2D eigenvalue weighted by molar-refractivity contribution is -0.146. The number of carbonyl (C=O) groups is 5. The van der Waals surface area contributed by atoms with Crippen LogP contribution < -0.4 is 0 Å². The van der Waals surface area contributed by atoms with Crippen LogP contribution in [0, 0.1) is 0 Å². The molecule has 40 heavy (non-hydrogen) atoms. The molecule has 15 heteroatoms. The van der Waals surface area contributed by atoms with E-state index in [0.29, 0.717) is 36.9 Å². The van der Waals surface area contributed by atoms with Gasteiger partial charge >= 0.3 is 29.8 Å². The Morgan fingerprint density at radius 1 is 0.725 bits per heavy atom. The largest absolute Gasteiger partial charge is 0.480 e. The molecule has 1 aliphatic rings. The van der Waals surface area contributed by atoms with Gasteiger partial charge in [-0.1, -0.05) is 25.0 Å². The molecule has 220 valence electrons. The molecule has 1 saturated carbocycles. The summed E-state index contributed by atoms with van der Waals surface area (Å²) in [6, 6.07) is 4.80. The molecular weight excluding hydrogens is 548 g/mol. The van der Waals surface area contributed by atoms with Gasteiger partial charge in [-0.15, -0.1) is 0 Å². The number of carboxylic acid groups (broad SMARTS) is 5. The molecule has 0 bridgehead atoms. The van der Waals surface area contributed by atoms with Crippen molar-refractivity contribution in [3.8, 4) is 0 Å². The smallest absolute Gasteiger partial charge is 0.317 e. The van der Waals surface area contributed by atoms with Crippen LogP contribution in [-0.4, -0.2) is 127 Å². The normalized spacial score (nSPS) is 18.0. The van der Waals surface area contributed by atoms with E-state index in [-0.39, 0.29) is 13.0 Å². The molecule has 0 heterocycles. The van der Waals surface area contributed by atoms with E-state index in [1.807, 2.05) is 0 Å². The Balaban J connectivity index is 2.50. The van der Waals surface area contributed by atoms with Crippen molar-refractivity contribution in [1.29, 1.82) is 0 Å². The van der Waals surface area contributed by atoms with Crippen LogP contribution in [0.5, 0.6) is 0 Å². The van der Waals surface area contributed by atoms with Crippen molar-refractivity contribution < 1.29 is 49.5 Å². The van der Waals surface area contributed by atoms with E-state index in [0.717, 1.165) is 0 Å². The summed E-state index contributed by atoms with van der Waals surface area (Å²) in [5.74, 6) is -6.17. The summed E-state index contributed by atoms with van der Waals surface area (Å²) in [4.78, 5) is 62.5. The van der Waals surface area contributed by atoms with Gasteiger partial charge in [-0.25, -0.2) is 0 Å². The fraction of sp³-hybridized carbons (Fsp3) is 0.560. The highest BCUT2D eigenvalue weighted by molar-refractivity contribution is 7.47. The number of hydrogen-bond donors (Lipinski definition) is 5. The summed E-state index contributed by atoms with van der Waals surface area (Å²) in [6.07, 6.45) is 2.43. The van der Waals surface area contributed by atoms with Gasteiger partial charge in [-0.3, -0.25) is 38.7 Å². The summed E-state index contributed by atoms with van der Waals surface area (Å²) in [7, 11) is 0. The minimum absolute atomic E-state index is 0.0603. The number of rotatable bonds is 18. The van der Waals surface area contributed by atoms with E-state index in [2.05, 4.69) is 16.8 Å². The summed E-state index contributed by atoms with van der Waals surface area (Å²) < 4.78 is 3.67. The first-order valence-electron chi connectivity index (χ1n) is 12.6. The molecule has 5 N–H and O–H groups in total. The number of aliphatic carboxylic acids is 5. The molecule has 3 unspecified atom stereocenters. The van der Waals surface area contributed by atoms with Crippen molar-refractivity contribution in [2.24, 2.45) is 4.36 Å². The zero-order valence-electron chi connectivity index (χ0n) is 21.8. The predicted octanol–water partition coefficient (Wildman–Crippen LogP) is 0.600. The fourth-order valence-corrected chi connectivity index (χ4v) is 5.40. The van der Waals surface area contributed by atoms with Gasteiger partial charge in [0.15, 0.2) is 0 Å². The monoisotopic (exact) mass is 582 g/mol. The van der Waals surface area contributed by atoms with Crippen LogP contribution in [0.3, 0.4) is 0 Å². The minimum Gasteiger partial charge on any atom is -0.480 e. The summed E-state index contributed by atoms with van der Waals surface area (Å²) in [6.45, 7) is -2.89. The Hall–Kier alpha value is -3.53. The Kier molecular flexibility index (Phi) is 13.0. The first kappa shape index (κ1) is 32.7. The van der Waals surface area contributed by atoms with E-state index in [1.54, 1.807) is 29.2 Å². The molecule has 0 aliphatic heterocycles. The zero-order valence-corrected chi connectivity index (χ0v) is 22.6. The van der Waals surface area contributed by atoms with Gasteiger partial charge in [-0.2, -0.15) is 4.36 Å². The maximum absolute atomic E-state index is 12.0. The van der Waals surface area contributed by atoms with Crippen molar-refractivity contribution in [2.75, 3.05) is 39.3 Å². The third-order valence-electron chi connectivity index (χ3n) is 6.80. The van der Waals surface area contributed by atoms with Crippen molar-refractivity contribution in [2.45, 2.75) is 50.2 Å². The first-order valence-corrected chi connectivity index (χ1v) is 13.0. The van der Waals surface area contributed by atoms with E-state index >= 15 is 0 Å². The van der Waals surface area contributed by atoms with Crippen molar-refractivity contribution >= 4 is 48.0 Å². The van der Waals surface area contributed by atoms with E-state index in [9.17, 15) is 49.5 Å². The van der Waals surface area contributed by atoms with E-state index < -0.39 is 80.7 Å². The molecule has 2 rings (SSSR count). The Labute approximate surface area is 236 Å². The molecule has 14 nitrogen and oxygen atoms in total. The van der Waals surface area contributed by atoms with Gasteiger partial charge in [0.1, 0.15) is 0 Å². The number of nitrogens with zero attached hydrogens (tertiary/aromatic N) is 4. The number of hydrogen-bond acceptors (Lipinski definition) is 10. The van der Waals surface area contributed by atoms with Gasteiger partial charge in [-0.05, 0) is 37.0 Å². The van der Waals surface area contributed by atoms with Gasteiger partial charge in [0.05, 0.1) is 38.4 Å². The van der Waals surface area contributed by atoms with Gasteiger partial charge in [0, 0.05) is 37.1 Å². The van der Waals surface area contributed by atoms with Gasteiger partial charge < -0.3 is 25.5 Å². The summed E-state index contributed by atoms with van der Waals surface area (Å²) >= 11 is 4.69. The Morgan fingerprint density at radius 3 is 1.57 bits per heavy atom. The minimum atomic E-state index is -1.26. The SMILES string of the molecule is O=C(O)CN(CC(=O)O)C(Cc1ccc(N=S)cc1)CN(CC(=O)O)C1CCCCC1N(CC(=O)O)CC(=O)O. The van der Waals surface area contributed by atoms with Crippen LogP contribution in [0.15, 0.2) is 28.6 Å². The van der Waals surface area contributed by atoms with Crippen molar-refractivity contribution in [3.05, 3.63) is 29.8 Å². The Bertz CT molecular complexity index is 1040. The van der Waals surface area contributed by atoms with Crippen LogP contribution in [0.25, 0.3) is 0 Å². The van der Waals surface area contributed by atoms with Crippen LogP contribution in [0.1, 0.15) is 31.2 Å². The van der Waals surface area contributed by atoms with E-state index in [4.69, 9.17) is 0 Å². The first-order chi connectivity index (χ1) is 18.9. The highest BCUT2D eigenvalue weighted by Gasteiger charge is 2.38. The second-order valence-corrected chi connectivity index (χ2v) is 9.93. The molecule has 3 atom stereocenters. The van der Waals surface area contributed by atoms with Crippen molar-refractivity contribution in [1.82, 2.24) is 14.7 Å². The molecular formula is C25H34N4O10S. The Morgan fingerprint density at radius 2 is 1.15 bits per heavy atom. The fourth-order valence-electron chi connectivity index (χ4n) is 5.28. The van der Waals surface area contributed by atoms with Crippen LogP contribution in [-0.2, 0) is 42.8 Å². The maximum Gasteiger partial charge on any atom is 0.317 e. The molecule has 1 aromatic rings. The third kappa shape index (κ3) is 10.9.